The molecule has 0 saturated heterocycles. The van der Waals surface area contributed by atoms with Crippen molar-refractivity contribution < 1.29 is 8.78 Å². The van der Waals surface area contributed by atoms with E-state index in [1.807, 2.05) is 0 Å². The number of halogens is 4. The van der Waals surface area contributed by atoms with Gasteiger partial charge in [0.25, 0.3) is 0 Å². The van der Waals surface area contributed by atoms with Crippen molar-refractivity contribution in [2.24, 2.45) is 0 Å². The molecule has 0 atom stereocenters. The van der Waals surface area contributed by atoms with Gasteiger partial charge in [-0.05, 0) is 25.8 Å². The zero-order valence-electron chi connectivity index (χ0n) is 11.1. The predicted octanol–water partition coefficient (Wildman–Crippen LogP) is 4.99. The number of hydrogen-bond donors (Lipinski definition) is 1. The quantitative estimate of drug-likeness (QED) is 0.806. The lowest BCUT2D eigenvalue weighted by molar-refractivity contribution is 0.586. The number of nitrogens with zero attached hydrogens (tertiary/aromatic N) is 2. The predicted molar refractivity (Wildman–Crippen MR) is 78.4 cm³/mol. The molecule has 1 aromatic carbocycles. The van der Waals surface area contributed by atoms with Crippen molar-refractivity contribution in [1.82, 2.24) is 9.97 Å². The summed E-state index contributed by atoms with van der Waals surface area (Å²) in [7, 11) is 0. The lowest BCUT2D eigenvalue weighted by Crippen LogP contribution is -2.05. The number of nitrogens with one attached hydrogen (secondary N) is 1. The molecule has 0 bridgehead atoms. The van der Waals surface area contributed by atoms with Crippen LogP contribution in [0.15, 0.2) is 12.1 Å². The number of hydrogen-bond acceptors (Lipinski definition) is 3. The second kappa shape index (κ2) is 5.39. The summed E-state index contributed by atoms with van der Waals surface area (Å²) in [6.45, 7) is 1.72. The second-order valence-electron chi connectivity index (χ2n) is 4.99. The molecule has 3 nitrogen and oxygen atoms in total. The van der Waals surface area contributed by atoms with Gasteiger partial charge in [0, 0.05) is 17.5 Å². The monoisotopic (exact) mass is 329 g/mol. The molecule has 1 heterocycles. The van der Waals surface area contributed by atoms with E-state index in [0.717, 1.165) is 25.0 Å². The number of aromatic nitrogens is 2. The highest BCUT2D eigenvalue weighted by Gasteiger charge is 2.28. The van der Waals surface area contributed by atoms with Crippen molar-refractivity contribution >= 4 is 34.7 Å². The molecular formula is C14H11Cl2F2N3. The molecule has 1 aromatic heterocycles. The van der Waals surface area contributed by atoms with Gasteiger partial charge in [0.15, 0.2) is 5.82 Å². The molecule has 0 radical (unpaired) electrons. The lowest BCUT2D eigenvalue weighted by Gasteiger charge is -2.13. The Balaban J connectivity index is 2.02. The van der Waals surface area contributed by atoms with Gasteiger partial charge in [0.05, 0.1) is 10.7 Å². The Morgan fingerprint density at radius 3 is 2.52 bits per heavy atom. The summed E-state index contributed by atoms with van der Waals surface area (Å²) < 4.78 is 26.9. The molecule has 0 amide bonds. The fourth-order valence-corrected chi connectivity index (χ4v) is 2.35. The Kier molecular flexibility index (Phi) is 3.71. The van der Waals surface area contributed by atoms with Gasteiger partial charge in [-0.1, -0.05) is 23.2 Å². The van der Waals surface area contributed by atoms with Gasteiger partial charge < -0.3 is 5.32 Å². The lowest BCUT2D eigenvalue weighted by atomic mass is 10.2. The molecule has 1 N–H and O–H groups in total. The van der Waals surface area contributed by atoms with Crippen LogP contribution in [0.3, 0.4) is 0 Å². The summed E-state index contributed by atoms with van der Waals surface area (Å²) >= 11 is 12.0. The fourth-order valence-electron chi connectivity index (χ4n) is 1.93. The first kappa shape index (κ1) is 14.5. The van der Waals surface area contributed by atoms with Crippen LogP contribution in [0, 0.1) is 18.6 Å². The first-order chi connectivity index (χ1) is 9.95. The van der Waals surface area contributed by atoms with E-state index in [1.54, 1.807) is 6.92 Å². The van der Waals surface area contributed by atoms with Crippen molar-refractivity contribution in [2.45, 2.75) is 25.7 Å². The van der Waals surface area contributed by atoms with Crippen molar-refractivity contribution in [2.75, 3.05) is 5.32 Å². The van der Waals surface area contributed by atoms with Gasteiger partial charge >= 0.3 is 0 Å². The van der Waals surface area contributed by atoms with E-state index in [1.165, 1.54) is 0 Å². The molecule has 3 rings (SSSR count). The summed E-state index contributed by atoms with van der Waals surface area (Å²) in [5, 5.41) is 3.04. The van der Waals surface area contributed by atoms with E-state index < -0.39 is 11.6 Å². The molecule has 0 aliphatic heterocycles. The second-order valence-corrected chi connectivity index (χ2v) is 5.76. The van der Waals surface area contributed by atoms with E-state index in [9.17, 15) is 8.78 Å². The van der Waals surface area contributed by atoms with E-state index in [4.69, 9.17) is 23.2 Å². The van der Waals surface area contributed by atoms with Crippen LogP contribution in [0.25, 0.3) is 0 Å². The minimum absolute atomic E-state index is 0.0299. The van der Waals surface area contributed by atoms with Crippen LogP contribution >= 0.6 is 23.2 Å². The molecule has 110 valence electrons. The molecular weight excluding hydrogens is 319 g/mol. The maximum absolute atomic E-state index is 13.8. The molecule has 0 unspecified atom stereocenters. The van der Waals surface area contributed by atoms with Gasteiger partial charge in [-0.25, -0.2) is 18.7 Å². The highest BCUT2D eigenvalue weighted by atomic mass is 35.5. The molecule has 1 aliphatic rings. The van der Waals surface area contributed by atoms with E-state index in [2.05, 4.69) is 15.3 Å². The third-order valence-electron chi connectivity index (χ3n) is 3.30. The highest BCUT2D eigenvalue weighted by molar-refractivity contribution is 6.33. The first-order valence-corrected chi connectivity index (χ1v) is 7.17. The number of benzene rings is 1. The molecule has 7 heteroatoms. The van der Waals surface area contributed by atoms with Gasteiger partial charge in [0.2, 0.25) is 0 Å². The third-order valence-corrected chi connectivity index (χ3v) is 3.96. The zero-order chi connectivity index (χ0) is 15.1. The van der Waals surface area contributed by atoms with Crippen molar-refractivity contribution in [3.05, 3.63) is 45.3 Å². The molecule has 1 fully saturated rings. The molecule has 1 saturated carbocycles. The molecule has 21 heavy (non-hydrogen) atoms. The Morgan fingerprint density at radius 2 is 1.90 bits per heavy atom. The third kappa shape index (κ3) is 2.94. The average molecular weight is 330 g/mol. The molecule has 2 aromatic rings. The first-order valence-electron chi connectivity index (χ1n) is 6.41. The van der Waals surface area contributed by atoms with Gasteiger partial charge in [-0.2, -0.15) is 0 Å². The smallest absolute Gasteiger partial charge is 0.151 e. The number of rotatable bonds is 3. The van der Waals surface area contributed by atoms with Crippen LogP contribution in [-0.2, 0) is 0 Å². The fraction of sp³-hybridized carbons (Fsp3) is 0.286. The Hall–Kier alpha value is -1.46. The average Bonchev–Trinajstić information content (AvgIpc) is 3.22. The SMILES string of the molecule is Cc1c(Cl)nc(C2CC2)nc1Nc1c(F)cc(F)cc1Cl. The molecule has 1 aliphatic carbocycles. The van der Waals surface area contributed by atoms with E-state index in [0.29, 0.717) is 28.3 Å². The van der Waals surface area contributed by atoms with E-state index >= 15 is 0 Å². The maximum atomic E-state index is 13.8. The Labute approximate surface area is 130 Å². The highest BCUT2D eigenvalue weighted by Crippen LogP contribution is 2.40. The van der Waals surface area contributed by atoms with Gasteiger partial charge in [0.1, 0.15) is 22.6 Å². The minimum Gasteiger partial charge on any atom is -0.336 e. The Bertz CT molecular complexity index is 695. The summed E-state index contributed by atoms with van der Waals surface area (Å²) in [6.07, 6.45) is 2.04. The van der Waals surface area contributed by atoms with Crippen LogP contribution in [0.1, 0.15) is 30.1 Å². The van der Waals surface area contributed by atoms with Gasteiger partial charge in [-0.15, -0.1) is 0 Å². The van der Waals surface area contributed by atoms with Gasteiger partial charge in [-0.3, -0.25) is 0 Å². The normalized spacial score (nSPS) is 14.3. The van der Waals surface area contributed by atoms with E-state index in [-0.39, 0.29) is 10.7 Å². The standard InChI is InChI=1S/C14H11Cl2F2N3/c1-6-12(16)20-14(7-2-3-7)21-13(6)19-11-9(15)4-8(17)5-10(11)18/h4-5,7H,2-3H2,1H3,(H,19,20,21). The summed E-state index contributed by atoms with van der Waals surface area (Å²) in [5.41, 5.74) is 0.554. The topological polar surface area (TPSA) is 37.8 Å². The van der Waals surface area contributed by atoms with Crippen LogP contribution < -0.4 is 5.32 Å². The largest absolute Gasteiger partial charge is 0.336 e. The van der Waals surface area contributed by atoms with Crippen LogP contribution in [0.5, 0.6) is 0 Å². The van der Waals surface area contributed by atoms with Crippen molar-refractivity contribution in [3.63, 3.8) is 0 Å². The van der Waals surface area contributed by atoms with Crippen LogP contribution in [0.2, 0.25) is 10.2 Å². The van der Waals surface area contributed by atoms with Crippen molar-refractivity contribution in [1.29, 1.82) is 0 Å². The van der Waals surface area contributed by atoms with Crippen LogP contribution in [0.4, 0.5) is 20.3 Å². The summed E-state index contributed by atoms with van der Waals surface area (Å²) in [5.74, 6) is -0.213. The summed E-state index contributed by atoms with van der Waals surface area (Å²) in [4.78, 5) is 8.59. The zero-order valence-corrected chi connectivity index (χ0v) is 12.6. The van der Waals surface area contributed by atoms with Crippen LogP contribution in [-0.4, -0.2) is 9.97 Å². The molecule has 0 spiro atoms. The summed E-state index contributed by atoms with van der Waals surface area (Å²) in [6, 6.07) is 1.79. The number of anilines is 2. The van der Waals surface area contributed by atoms with Crippen molar-refractivity contribution in [3.8, 4) is 0 Å². The Morgan fingerprint density at radius 1 is 1.19 bits per heavy atom. The maximum Gasteiger partial charge on any atom is 0.151 e. The minimum atomic E-state index is -0.790.